The fourth-order valence-electron chi connectivity index (χ4n) is 2.74. The Morgan fingerprint density at radius 3 is 2.96 bits per heavy atom. The summed E-state index contributed by atoms with van der Waals surface area (Å²) in [5.41, 5.74) is 0.792. The van der Waals surface area contributed by atoms with Crippen molar-refractivity contribution in [1.29, 1.82) is 0 Å². The number of hydrogen-bond donors (Lipinski definition) is 1. The number of rotatable bonds is 6. The van der Waals surface area contributed by atoms with Gasteiger partial charge in [-0.3, -0.25) is 9.36 Å². The van der Waals surface area contributed by atoms with Gasteiger partial charge in [0.1, 0.15) is 0 Å². The first kappa shape index (κ1) is 16.6. The molecule has 1 aliphatic rings. The molecule has 2 heterocycles. The topological polar surface area (TPSA) is 77.4 Å². The predicted molar refractivity (Wildman–Crippen MR) is 90.5 cm³/mol. The fraction of sp³-hybridized carbons (Fsp3) is 0.533. The van der Waals surface area contributed by atoms with E-state index in [0.29, 0.717) is 17.9 Å². The normalized spacial score (nSPS) is 18.7. The largest absolute Gasteiger partial charge is 0.377 e. The third-order valence-corrected chi connectivity index (χ3v) is 6.29. The summed E-state index contributed by atoms with van der Waals surface area (Å²) in [5, 5.41) is 0. The summed E-state index contributed by atoms with van der Waals surface area (Å²) in [5.74, 6) is 0. The van der Waals surface area contributed by atoms with Crippen molar-refractivity contribution >= 4 is 31.6 Å². The summed E-state index contributed by atoms with van der Waals surface area (Å²) in [6.45, 7) is 3.62. The Morgan fingerprint density at radius 2 is 2.26 bits per heavy atom. The summed E-state index contributed by atoms with van der Waals surface area (Å²) in [6.07, 6.45) is 2.66. The lowest BCUT2D eigenvalue weighted by atomic mass is 10.2. The average molecular weight is 356 g/mol. The minimum absolute atomic E-state index is 0.0461. The van der Waals surface area contributed by atoms with E-state index in [1.807, 2.05) is 6.92 Å². The third kappa shape index (κ3) is 3.50. The molecule has 1 atom stereocenters. The molecule has 0 saturated carbocycles. The first-order valence-corrected chi connectivity index (χ1v) is 10.1. The molecule has 0 amide bonds. The van der Waals surface area contributed by atoms with Gasteiger partial charge in [0.05, 0.1) is 21.2 Å². The van der Waals surface area contributed by atoms with Gasteiger partial charge in [0.2, 0.25) is 10.0 Å². The van der Waals surface area contributed by atoms with Crippen LogP contribution >= 0.6 is 11.3 Å². The van der Waals surface area contributed by atoms with Gasteiger partial charge >= 0.3 is 4.87 Å². The summed E-state index contributed by atoms with van der Waals surface area (Å²) < 4.78 is 35.2. The summed E-state index contributed by atoms with van der Waals surface area (Å²) in [7, 11) is -3.59. The van der Waals surface area contributed by atoms with Gasteiger partial charge in [-0.15, -0.1) is 0 Å². The first-order chi connectivity index (χ1) is 11.0. The summed E-state index contributed by atoms with van der Waals surface area (Å²) in [6, 6.07) is 4.84. The number of hydrogen-bond acceptors (Lipinski definition) is 5. The lowest BCUT2D eigenvalue weighted by Gasteiger charge is -2.11. The number of nitrogens with one attached hydrogen (secondary N) is 1. The van der Waals surface area contributed by atoms with Gasteiger partial charge in [0, 0.05) is 19.7 Å². The van der Waals surface area contributed by atoms with Crippen LogP contribution < -0.4 is 9.60 Å². The maximum Gasteiger partial charge on any atom is 0.308 e. The molecule has 126 valence electrons. The molecule has 0 unspecified atom stereocenters. The Bertz CT molecular complexity index is 848. The van der Waals surface area contributed by atoms with Crippen LogP contribution in [0.15, 0.2) is 27.9 Å². The van der Waals surface area contributed by atoms with Crippen molar-refractivity contribution in [2.75, 3.05) is 13.2 Å². The number of ether oxygens (including phenoxy) is 1. The van der Waals surface area contributed by atoms with Gasteiger partial charge in [-0.05, 0) is 37.5 Å². The number of sulfonamides is 1. The lowest BCUT2D eigenvalue weighted by Crippen LogP contribution is -2.31. The van der Waals surface area contributed by atoms with E-state index in [1.165, 1.54) is 0 Å². The monoisotopic (exact) mass is 356 g/mol. The standard InChI is InChI=1S/C15H20N2O4S2/c1-2-7-17-13-6-5-12(9-14(13)22-15(17)18)23(19,20)16-10-11-4-3-8-21-11/h5-6,9,11,16H,2-4,7-8,10H2,1H3/t11-/m0/s1. The van der Waals surface area contributed by atoms with E-state index in [0.717, 1.165) is 36.1 Å². The molecule has 3 rings (SSSR count). The van der Waals surface area contributed by atoms with Crippen molar-refractivity contribution in [1.82, 2.24) is 9.29 Å². The minimum Gasteiger partial charge on any atom is -0.377 e. The number of nitrogens with zero attached hydrogens (tertiary/aromatic N) is 1. The number of benzene rings is 1. The molecule has 1 saturated heterocycles. The molecule has 23 heavy (non-hydrogen) atoms. The molecule has 0 aliphatic carbocycles. The van der Waals surface area contributed by atoms with Crippen LogP contribution in [-0.4, -0.2) is 32.2 Å². The fourth-order valence-corrected chi connectivity index (χ4v) is 4.86. The predicted octanol–water partition coefficient (Wildman–Crippen LogP) is 1.93. The van der Waals surface area contributed by atoms with Crippen molar-refractivity contribution in [2.45, 2.75) is 43.7 Å². The molecule has 6 nitrogen and oxygen atoms in total. The van der Waals surface area contributed by atoms with Gasteiger partial charge in [-0.1, -0.05) is 18.3 Å². The maximum absolute atomic E-state index is 12.4. The van der Waals surface area contributed by atoms with E-state index in [9.17, 15) is 13.2 Å². The van der Waals surface area contributed by atoms with E-state index in [1.54, 1.807) is 22.8 Å². The zero-order valence-electron chi connectivity index (χ0n) is 12.9. The highest BCUT2D eigenvalue weighted by atomic mass is 32.2. The number of fused-ring (bicyclic) bond motifs is 1. The van der Waals surface area contributed by atoms with Crippen molar-refractivity contribution < 1.29 is 13.2 Å². The number of aromatic nitrogens is 1. The zero-order valence-corrected chi connectivity index (χ0v) is 14.6. The lowest BCUT2D eigenvalue weighted by molar-refractivity contribution is 0.114. The highest BCUT2D eigenvalue weighted by Gasteiger charge is 2.21. The van der Waals surface area contributed by atoms with Crippen LogP contribution in [0, 0.1) is 0 Å². The van der Waals surface area contributed by atoms with E-state index in [2.05, 4.69) is 4.72 Å². The van der Waals surface area contributed by atoms with Crippen LogP contribution in [0.5, 0.6) is 0 Å². The Balaban J connectivity index is 1.85. The average Bonchev–Trinajstić information content (AvgIpc) is 3.14. The number of aryl methyl sites for hydroxylation is 1. The quantitative estimate of drug-likeness (QED) is 0.858. The smallest absolute Gasteiger partial charge is 0.308 e. The van der Waals surface area contributed by atoms with Crippen molar-refractivity contribution in [2.24, 2.45) is 0 Å². The van der Waals surface area contributed by atoms with E-state index >= 15 is 0 Å². The van der Waals surface area contributed by atoms with E-state index < -0.39 is 10.0 Å². The highest BCUT2D eigenvalue weighted by Crippen LogP contribution is 2.22. The Morgan fingerprint density at radius 1 is 1.43 bits per heavy atom. The second kappa shape index (κ2) is 6.72. The molecule has 2 aromatic rings. The molecule has 1 fully saturated rings. The zero-order chi connectivity index (χ0) is 16.4. The van der Waals surface area contributed by atoms with Crippen LogP contribution in [0.1, 0.15) is 26.2 Å². The molecule has 1 aromatic carbocycles. The molecule has 0 bridgehead atoms. The Hall–Kier alpha value is -1.22. The number of thiazole rings is 1. The highest BCUT2D eigenvalue weighted by molar-refractivity contribution is 7.89. The van der Waals surface area contributed by atoms with E-state index in [-0.39, 0.29) is 22.4 Å². The van der Waals surface area contributed by atoms with Crippen molar-refractivity contribution in [3.05, 3.63) is 27.9 Å². The molecule has 1 aromatic heterocycles. The van der Waals surface area contributed by atoms with Crippen LogP contribution in [0.25, 0.3) is 10.2 Å². The van der Waals surface area contributed by atoms with Gasteiger partial charge in [-0.25, -0.2) is 13.1 Å². The van der Waals surface area contributed by atoms with Crippen molar-refractivity contribution in [3.63, 3.8) is 0 Å². The second-order valence-electron chi connectivity index (χ2n) is 5.64. The SMILES string of the molecule is CCCn1c(=O)sc2cc(S(=O)(=O)NC[C@@H]3CCCO3)ccc21. The third-order valence-electron chi connectivity index (χ3n) is 3.92. The first-order valence-electron chi connectivity index (χ1n) is 7.76. The molecule has 8 heteroatoms. The summed E-state index contributed by atoms with van der Waals surface area (Å²) in [4.78, 5) is 12.1. The van der Waals surface area contributed by atoms with E-state index in [4.69, 9.17) is 4.74 Å². The van der Waals surface area contributed by atoms with Gasteiger partial charge < -0.3 is 4.74 Å². The molecule has 0 spiro atoms. The van der Waals surface area contributed by atoms with Crippen molar-refractivity contribution in [3.8, 4) is 0 Å². The maximum atomic E-state index is 12.4. The van der Waals surface area contributed by atoms with Crippen LogP contribution in [0.3, 0.4) is 0 Å². The van der Waals surface area contributed by atoms with Gasteiger partial charge in [-0.2, -0.15) is 0 Å². The molecular weight excluding hydrogens is 336 g/mol. The molecule has 0 radical (unpaired) electrons. The molecular formula is C15H20N2O4S2. The Kier molecular flexibility index (Phi) is 4.86. The van der Waals surface area contributed by atoms with Crippen LogP contribution in [0.4, 0.5) is 0 Å². The summed E-state index contributed by atoms with van der Waals surface area (Å²) >= 11 is 1.08. The second-order valence-corrected chi connectivity index (χ2v) is 8.40. The van der Waals surface area contributed by atoms with Gasteiger partial charge in [0.25, 0.3) is 0 Å². The van der Waals surface area contributed by atoms with Gasteiger partial charge in [0.15, 0.2) is 0 Å². The van der Waals surface area contributed by atoms with Crippen LogP contribution in [0.2, 0.25) is 0 Å². The Labute approximate surface area is 139 Å². The minimum atomic E-state index is -3.59. The molecule has 1 N–H and O–H groups in total. The van der Waals surface area contributed by atoms with Crippen LogP contribution in [-0.2, 0) is 21.3 Å². The molecule has 1 aliphatic heterocycles.